The molecular weight excluding hydrogens is 506 g/mol. The normalized spacial score (nSPS) is 23.5. The molecule has 0 unspecified atom stereocenters. The number of hydrogen-bond donors (Lipinski definition) is 1. The lowest BCUT2D eigenvalue weighted by Crippen LogP contribution is -2.43. The van der Waals surface area contributed by atoms with Crippen molar-refractivity contribution in [2.45, 2.75) is 76.2 Å². The van der Waals surface area contributed by atoms with Crippen LogP contribution in [0.2, 0.25) is 0 Å². The number of fused-ring (bicyclic) bond motifs is 1. The summed E-state index contributed by atoms with van der Waals surface area (Å²) >= 11 is 2.57. The Morgan fingerprint density at radius 3 is 2.63 bits per heavy atom. The number of ether oxygens (including phenoxy) is 1. The lowest BCUT2D eigenvalue weighted by Gasteiger charge is -2.35. The first kappa shape index (κ1) is 26.2. The zero-order valence-electron chi connectivity index (χ0n) is 19.5. The van der Waals surface area contributed by atoms with Crippen molar-refractivity contribution in [3.8, 4) is 5.19 Å². The number of halogens is 4. The minimum atomic E-state index is -4.38. The number of aryl methyl sites for hydroxylation is 1. The number of thiazole rings is 1. The molecule has 1 amide bonds. The predicted molar refractivity (Wildman–Crippen MR) is 125 cm³/mol. The quantitative estimate of drug-likeness (QED) is 0.514. The first-order valence-corrected chi connectivity index (χ1v) is 13.4. The zero-order chi connectivity index (χ0) is 25.1. The highest BCUT2D eigenvalue weighted by molar-refractivity contribution is 7.13. The Morgan fingerprint density at radius 1 is 1.20 bits per heavy atom. The summed E-state index contributed by atoms with van der Waals surface area (Å²) in [5.41, 5.74) is -0.462. The number of amides is 1. The second kappa shape index (κ2) is 11.0. The van der Waals surface area contributed by atoms with E-state index in [0.717, 1.165) is 15.6 Å². The Bertz CT molecular complexity index is 979. The van der Waals surface area contributed by atoms with Crippen molar-refractivity contribution in [1.82, 2.24) is 25.4 Å². The number of carbonyl (C=O) groups is 1. The van der Waals surface area contributed by atoms with Crippen LogP contribution in [0.4, 0.5) is 17.6 Å². The monoisotopic (exact) mass is 535 g/mol. The summed E-state index contributed by atoms with van der Waals surface area (Å²) < 4.78 is 57.3. The molecule has 0 bridgehead atoms. The highest BCUT2D eigenvalue weighted by atomic mass is 32.1. The molecule has 1 saturated carbocycles. The highest BCUT2D eigenvalue weighted by Crippen LogP contribution is 2.36. The molecule has 35 heavy (non-hydrogen) atoms. The average molecular weight is 536 g/mol. The Hall–Kier alpha value is -1.86. The van der Waals surface area contributed by atoms with Crippen LogP contribution in [0.1, 0.15) is 52.7 Å². The summed E-state index contributed by atoms with van der Waals surface area (Å²) in [7, 11) is 0. The fourth-order valence-corrected chi connectivity index (χ4v) is 6.18. The molecule has 2 aliphatic rings. The minimum absolute atomic E-state index is 0.0191. The van der Waals surface area contributed by atoms with E-state index in [9.17, 15) is 18.0 Å². The third kappa shape index (κ3) is 7.81. The van der Waals surface area contributed by atoms with Gasteiger partial charge in [-0.15, -0.1) is 21.5 Å². The van der Waals surface area contributed by atoms with Crippen molar-refractivity contribution in [3.63, 3.8) is 0 Å². The van der Waals surface area contributed by atoms with Crippen molar-refractivity contribution in [1.29, 1.82) is 0 Å². The molecule has 13 heteroatoms. The van der Waals surface area contributed by atoms with E-state index in [1.807, 2.05) is 6.92 Å². The second-order valence-electron chi connectivity index (χ2n) is 9.23. The first-order valence-electron chi connectivity index (χ1n) is 11.7. The maximum Gasteiger partial charge on any atom is 0.422 e. The Labute approximate surface area is 209 Å². The molecule has 0 aromatic carbocycles. The van der Waals surface area contributed by atoms with E-state index in [1.165, 1.54) is 22.7 Å². The number of nitrogens with one attached hydrogen (secondary N) is 1. The molecule has 4 rings (SSSR count). The number of nitrogens with zero attached hydrogens (tertiary/aromatic N) is 4. The third-order valence-corrected chi connectivity index (χ3v) is 8.35. The molecule has 7 nitrogen and oxygen atoms in total. The van der Waals surface area contributed by atoms with Crippen LogP contribution in [-0.2, 0) is 24.1 Å². The second-order valence-corrected chi connectivity index (χ2v) is 11.5. The van der Waals surface area contributed by atoms with Crippen LogP contribution in [0.25, 0.3) is 0 Å². The fourth-order valence-electron chi connectivity index (χ4n) is 4.53. The molecule has 0 radical (unpaired) electrons. The van der Waals surface area contributed by atoms with Crippen molar-refractivity contribution < 1.29 is 27.1 Å². The van der Waals surface area contributed by atoms with Gasteiger partial charge in [-0.1, -0.05) is 11.3 Å². The van der Waals surface area contributed by atoms with Gasteiger partial charge in [-0.3, -0.25) is 4.79 Å². The van der Waals surface area contributed by atoms with Gasteiger partial charge in [0.1, 0.15) is 15.7 Å². The Balaban J connectivity index is 1.17. The van der Waals surface area contributed by atoms with Gasteiger partial charge in [0.15, 0.2) is 6.61 Å². The summed E-state index contributed by atoms with van der Waals surface area (Å²) in [6, 6.07) is -0.0191. The summed E-state index contributed by atoms with van der Waals surface area (Å²) in [6.07, 6.45) is -0.416. The Morgan fingerprint density at radius 2 is 1.94 bits per heavy atom. The molecule has 1 aliphatic heterocycles. The standard InChI is InChI=1S/C22H29F4N5O2S2/c1-14-29-30-19(34-14)12-18(32)27-15-2-6-21(23,7-3-15)8-11-31-9-4-16-17(5-10-31)35-20(28-16)33-13-22(24,25)26/h15H,2-13H2,1H3,(H,27,32)/t15-,21+. The molecule has 3 heterocycles. The first-order chi connectivity index (χ1) is 16.6. The molecule has 0 atom stereocenters. The van der Waals surface area contributed by atoms with Gasteiger partial charge in [0.05, 0.1) is 12.1 Å². The predicted octanol–water partition coefficient (Wildman–Crippen LogP) is 4.04. The number of alkyl halides is 4. The Kier molecular flexibility index (Phi) is 8.26. The summed E-state index contributed by atoms with van der Waals surface area (Å²) in [6.45, 7) is 2.54. The molecule has 0 saturated heterocycles. The van der Waals surface area contributed by atoms with Crippen LogP contribution in [0.15, 0.2) is 0 Å². The van der Waals surface area contributed by atoms with Gasteiger partial charge in [0.2, 0.25) is 5.91 Å². The lowest BCUT2D eigenvalue weighted by atomic mass is 9.81. The minimum Gasteiger partial charge on any atom is -0.460 e. The van der Waals surface area contributed by atoms with Crippen LogP contribution >= 0.6 is 22.7 Å². The molecule has 1 aliphatic carbocycles. The van der Waals surface area contributed by atoms with E-state index >= 15 is 4.39 Å². The van der Waals surface area contributed by atoms with Gasteiger partial charge in [-0.25, -0.2) is 9.37 Å². The number of rotatable bonds is 8. The number of hydrogen-bond acceptors (Lipinski definition) is 8. The van der Waals surface area contributed by atoms with Crippen molar-refractivity contribution in [2.75, 3.05) is 26.2 Å². The molecule has 1 fully saturated rings. The molecule has 2 aromatic rings. The molecule has 2 aromatic heterocycles. The van der Waals surface area contributed by atoms with Gasteiger partial charge < -0.3 is 15.0 Å². The SMILES string of the molecule is Cc1nnc(CC(=O)N[C@H]2CC[C@](F)(CCN3CCc4nc(OCC(F)(F)F)sc4CC3)CC2)s1. The maximum atomic E-state index is 15.5. The van der Waals surface area contributed by atoms with Crippen LogP contribution in [0.5, 0.6) is 5.19 Å². The van der Waals surface area contributed by atoms with Crippen LogP contribution < -0.4 is 10.1 Å². The van der Waals surface area contributed by atoms with E-state index in [0.29, 0.717) is 69.6 Å². The van der Waals surface area contributed by atoms with E-state index in [-0.39, 0.29) is 23.6 Å². The largest absolute Gasteiger partial charge is 0.460 e. The van der Waals surface area contributed by atoms with Crippen LogP contribution in [0, 0.1) is 6.92 Å². The van der Waals surface area contributed by atoms with Crippen molar-refractivity contribution in [3.05, 3.63) is 20.6 Å². The molecule has 0 spiro atoms. The topological polar surface area (TPSA) is 80.2 Å². The summed E-state index contributed by atoms with van der Waals surface area (Å²) in [5, 5.41) is 12.5. The molecule has 194 valence electrons. The number of aromatic nitrogens is 3. The van der Waals surface area contributed by atoms with E-state index in [2.05, 4.69) is 25.4 Å². The molecule has 1 N–H and O–H groups in total. The van der Waals surface area contributed by atoms with Crippen molar-refractivity contribution >= 4 is 28.6 Å². The van der Waals surface area contributed by atoms with E-state index in [4.69, 9.17) is 4.74 Å². The van der Waals surface area contributed by atoms with Gasteiger partial charge in [0, 0.05) is 37.0 Å². The third-order valence-electron chi connectivity index (χ3n) is 6.44. The summed E-state index contributed by atoms with van der Waals surface area (Å²) in [5.74, 6) is -0.102. The zero-order valence-corrected chi connectivity index (χ0v) is 21.1. The highest BCUT2D eigenvalue weighted by Gasteiger charge is 2.36. The van der Waals surface area contributed by atoms with E-state index in [1.54, 1.807) is 0 Å². The smallest absolute Gasteiger partial charge is 0.422 e. The maximum absolute atomic E-state index is 15.5. The van der Waals surface area contributed by atoms with E-state index < -0.39 is 18.5 Å². The molecular formula is C22H29F4N5O2S2. The fraction of sp³-hybridized carbons (Fsp3) is 0.727. The van der Waals surface area contributed by atoms with Crippen LogP contribution in [-0.4, -0.2) is 70.1 Å². The lowest BCUT2D eigenvalue weighted by molar-refractivity contribution is -0.153. The number of carbonyl (C=O) groups excluding carboxylic acids is 1. The van der Waals surface area contributed by atoms with Gasteiger partial charge >= 0.3 is 6.18 Å². The summed E-state index contributed by atoms with van der Waals surface area (Å²) in [4.78, 5) is 19.6. The van der Waals surface area contributed by atoms with Crippen LogP contribution in [0.3, 0.4) is 0 Å². The van der Waals surface area contributed by atoms with Gasteiger partial charge in [-0.2, -0.15) is 13.2 Å². The van der Waals surface area contributed by atoms with Crippen molar-refractivity contribution in [2.24, 2.45) is 0 Å². The van der Waals surface area contributed by atoms with Gasteiger partial charge in [-0.05, 0) is 45.4 Å². The average Bonchev–Trinajstić information content (AvgIpc) is 3.33. The van der Waals surface area contributed by atoms with Gasteiger partial charge in [0.25, 0.3) is 5.19 Å².